The largest absolute Gasteiger partial charge is 0.477 e. The lowest BCUT2D eigenvalue weighted by Gasteiger charge is -2.16. The van der Waals surface area contributed by atoms with Crippen LogP contribution in [0.15, 0.2) is 64.9 Å². The summed E-state index contributed by atoms with van der Waals surface area (Å²) in [5.41, 5.74) is 9.78. The summed E-state index contributed by atoms with van der Waals surface area (Å²) in [6.45, 7) is 0. The molecule has 0 unspecified atom stereocenters. The smallest absolute Gasteiger partial charge is 0.348 e. The number of aromatic carboxylic acids is 1. The fourth-order valence-electron chi connectivity index (χ4n) is 3.17. The van der Waals surface area contributed by atoms with Crippen molar-refractivity contribution in [3.05, 3.63) is 76.0 Å². The molecule has 0 radical (unpaired) electrons. The van der Waals surface area contributed by atoms with E-state index >= 15 is 0 Å². The number of hydrogen-bond acceptors (Lipinski definition) is 5. The van der Waals surface area contributed by atoms with Gasteiger partial charge in [0.25, 0.3) is 10.0 Å². The number of carboxylic acid groups (broad SMARTS) is 1. The molecule has 0 bridgehead atoms. The third-order valence-electron chi connectivity index (χ3n) is 4.59. The molecular formula is C21H22N2O4S2. The summed E-state index contributed by atoms with van der Waals surface area (Å²) in [5, 5.41) is 10.4. The van der Waals surface area contributed by atoms with E-state index < -0.39 is 16.0 Å². The number of fused-ring (bicyclic) bond motifs is 1. The number of carbonyl (C=O) groups is 1. The second kappa shape index (κ2) is 9.11. The van der Waals surface area contributed by atoms with E-state index in [4.69, 9.17) is 10.8 Å². The van der Waals surface area contributed by atoms with E-state index in [2.05, 4.69) is 16.9 Å². The molecule has 0 aliphatic heterocycles. The number of hydrogen-bond donors (Lipinski definition) is 3. The lowest BCUT2D eigenvalue weighted by atomic mass is 9.91. The highest BCUT2D eigenvalue weighted by atomic mass is 32.2. The zero-order valence-corrected chi connectivity index (χ0v) is 17.3. The molecule has 0 saturated carbocycles. The zero-order valence-electron chi connectivity index (χ0n) is 15.7. The second-order valence-corrected chi connectivity index (χ2v) is 9.18. The molecule has 4 rings (SSSR count). The van der Waals surface area contributed by atoms with Crippen molar-refractivity contribution < 1.29 is 18.3 Å². The number of nitrogens with two attached hydrogens (primary N) is 1. The van der Waals surface area contributed by atoms with Crippen molar-refractivity contribution in [3.8, 4) is 0 Å². The van der Waals surface area contributed by atoms with Gasteiger partial charge in [-0.15, -0.1) is 11.3 Å². The predicted molar refractivity (Wildman–Crippen MR) is 116 cm³/mol. The first kappa shape index (κ1) is 20.9. The van der Waals surface area contributed by atoms with Gasteiger partial charge < -0.3 is 10.8 Å². The third kappa shape index (κ3) is 5.16. The fraction of sp³-hybridized carbons (Fsp3) is 0.190. The maximum absolute atomic E-state index is 12.0. The van der Waals surface area contributed by atoms with E-state index in [0.717, 1.165) is 17.0 Å². The zero-order chi connectivity index (χ0) is 20.9. The Bertz CT molecular complexity index is 1090. The van der Waals surface area contributed by atoms with Gasteiger partial charge in [0, 0.05) is 5.69 Å². The molecular weight excluding hydrogens is 408 g/mol. The molecule has 0 fully saturated rings. The van der Waals surface area contributed by atoms with Crippen LogP contribution in [0.5, 0.6) is 0 Å². The molecule has 6 nitrogen and oxygen atoms in total. The number of nitrogens with one attached hydrogen (secondary N) is 1. The molecule has 3 aromatic rings. The maximum atomic E-state index is 12.0. The van der Waals surface area contributed by atoms with Gasteiger partial charge in [-0.05, 0) is 66.5 Å². The summed E-state index contributed by atoms with van der Waals surface area (Å²) in [5.74, 6) is -1.16. The molecule has 4 N–H and O–H groups in total. The Morgan fingerprint density at radius 1 is 1.00 bits per heavy atom. The number of anilines is 2. The van der Waals surface area contributed by atoms with Crippen LogP contribution in [0.1, 0.15) is 33.6 Å². The first-order valence-electron chi connectivity index (χ1n) is 9.13. The summed E-state index contributed by atoms with van der Waals surface area (Å²) in [6.07, 6.45) is 5.04. The SMILES string of the molecule is Nc1cccc2c1CCCC2.O=C(O)c1sccc1NS(=O)(=O)c1ccccc1. The van der Waals surface area contributed by atoms with Gasteiger partial charge in [0.05, 0.1) is 10.6 Å². The summed E-state index contributed by atoms with van der Waals surface area (Å²) >= 11 is 0.967. The molecule has 1 aliphatic rings. The molecule has 152 valence electrons. The highest BCUT2D eigenvalue weighted by Crippen LogP contribution is 2.26. The molecule has 0 atom stereocenters. The van der Waals surface area contributed by atoms with Crippen molar-refractivity contribution in [2.75, 3.05) is 10.5 Å². The number of aryl methyl sites for hydroxylation is 1. The lowest BCUT2D eigenvalue weighted by Crippen LogP contribution is -2.14. The quantitative estimate of drug-likeness (QED) is 0.532. The van der Waals surface area contributed by atoms with Gasteiger partial charge in [0.2, 0.25) is 0 Å². The maximum Gasteiger partial charge on any atom is 0.348 e. The summed E-state index contributed by atoms with van der Waals surface area (Å²) in [6, 6.07) is 15.5. The molecule has 0 spiro atoms. The van der Waals surface area contributed by atoms with Crippen LogP contribution < -0.4 is 10.5 Å². The number of sulfonamides is 1. The van der Waals surface area contributed by atoms with Crippen LogP contribution in [0.4, 0.5) is 11.4 Å². The van der Waals surface area contributed by atoms with E-state index in [1.165, 1.54) is 60.4 Å². The van der Waals surface area contributed by atoms with E-state index in [1.807, 2.05) is 6.07 Å². The first-order chi connectivity index (χ1) is 13.9. The minimum absolute atomic E-state index is 0.0329. The normalized spacial score (nSPS) is 13.0. The number of rotatable bonds is 4. The molecule has 8 heteroatoms. The minimum atomic E-state index is -3.75. The van der Waals surface area contributed by atoms with Crippen molar-refractivity contribution in [2.24, 2.45) is 0 Å². The second-order valence-electron chi connectivity index (χ2n) is 6.58. The molecule has 0 saturated heterocycles. The Hall–Kier alpha value is -2.84. The van der Waals surface area contributed by atoms with E-state index in [9.17, 15) is 13.2 Å². The van der Waals surface area contributed by atoms with E-state index in [0.29, 0.717) is 0 Å². The van der Waals surface area contributed by atoms with Gasteiger partial charge in [0.15, 0.2) is 0 Å². The average Bonchev–Trinajstić information content (AvgIpc) is 3.17. The topological polar surface area (TPSA) is 109 Å². The Kier molecular flexibility index (Phi) is 6.56. The van der Waals surface area contributed by atoms with Crippen LogP contribution in [0.3, 0.4) is 0 Å². The highest BCUT2D eigenvalue weighted by Gasteiger charge is 2.19. The summed E-state index contributed by atoms with van der Waals surface area (Å²) < 4.78 is 26.2. The van der Waals surface area contributed by atoms with Crippen molar-refractivity contribution in [1.29, 1.82) is 0 Å². The van der Waals surface area contributed by atoms with Gasteiger partial charge in [-0.3, -0.25) is 4.72 Å². The van der Waals surface area contributed by atoms with Gasteiger partial charge >= 0.3 is 5.97 Å². The number of benzene rings is 2. The number of carboxylic acids is 1. The Morgan fingerprint density at radius 3 is 2.41 bits per heavy atom. The third-order valence-corrected chi connectivity index (χ3v) is 6.87. The summed E-state index contributed by atoms with van der Waals surface area (Å²) in [4.78, 5) is 10.9. The van der Waals surface area contributed by atoms with Gasteiger partial charge in [0.1, 0.15) is 4.88 Å². The molecule has 1 aliphatic carbocycles. The molecule has 29 heavy (non-hydrogen) atoms. The van der Waals surface area contributed by atoms with E-state index in [1.54, 1.807) is 18.2 Å². The first-order valence-corrected chi connectivity index (χ1v) is 11.5. The Balaban J connectivity index is 0.000000186. The Labute approximate surface area is 174 Å². The standard InChI is InChI=1S/C11H9NO4S2.C10H13N/c13-11(14)10-9(6-7-17-10)12-18(15,16)8-4-2-1-3-5-8;11-10-7-3-5-8-4-1-2-6-9(8)10/h1-7,12H,(H,13,14);3,5,7H,1-2,4,6,11H2. The van der Waals surface area contributed by atoms with Crippen molar-refractivity contribution in [1.82, 2.24) is 0 Å². The minimum Gasteiger partial charge on any atom is -0.477 e. The van der Waals surface area contributed by atoms with Crippen molar-refractivity contribution >= 4 is 38.7 Å². The van der Waals surface area contributed by atoms with Crippen LogP contribution in [0.2, 0.25) is 0 Å². The van der Waals surface area contributed by atoms with Crippen molar-refractivity contribution in [2.45, 2.75) is 30.6 Å². The van der Waals surface area contributed by atoms with Crippen LogP contribution in [0.25, 0.3) is 0 Å². The van der Waals surface area contributed by atoms with Gasteiger partial charge in [-0.1, -0.05) is 30.3 Å². The number of thiophene rings is 1. The van der Waals surface area contributed by atoms with Crippen LogP contribution in [-0.4, -0.2) is 19.5 Å². The molecule has 0 amide bonds. The monoisotopic (exact) mass is 430 g/mol. The van der Waals surface area contributed by atoms with Crippen molar-refractivity contribution in [3.63, 3.8) is 0 Å². The summed E-state index contributed by atoms with van der Waals surface area (Å²) in [7, 11) is -3.75. The van der Waals surface area contributed by atoms with Crippen LogP contribution in [0, 0.1) is 0 Å². The average molecular weight is 431 g/mol. The predicted octanol–water partition coefficient (Wildman–Crippen LogP) is 4.39. The molecule has 2 aromatic carbocycles. The molecule has 1 aromatic heterocycles. The highest BCUT2D eigenvalue weighted by molar-refractivity contribution is 7.92. The van der Waals surface area contributed by atoms with Gasteiger partial charge in [-0.25, -0.2) is 13.2 Å². The van der Waals surface area contributed by atoms with Crippen LogP contribution >= 0.6 is 11.3 Å². The lowest BCUT2D eigenvalue weighted by molar-refractivity contribution is 0.0703. The fourth-order valence-corrected chi connectivity index (χ4v) is 5.01. The van der Waals surface area contributed by atoms with Gasteiger partial charge in [-0.2, -0.15) is 0 Å². The Morgan fingerprint density at radius 2 is 1.72 bits per heavy atom. The number of nitrogen functional groups attached to an aromatic ring is 1. The molecule has 1 heterocycles. The van der Waals surface area contributed by atoms with E-state index in [-0.39, 0.29) is 15.5 Å². The van der Waals surface area contributed by atoms with Crippen LogP contribution in [-0.2, 0) is 22.9 Å².